The minimum Gasteiger partial charge on any atom is -0.497 e. The normalized spacial score (nSPS) is 13.6. The van der Waals surface area contributed by atoms with Gasteiger partial charge in [-0.2, -0.15) is 0 Å². The predicted octanol–water partition coefficient (Wildman–Crippen LogP) is 2.40. The first-order valence-corrected chi connectivity index (χ1v) is 7.29. The third kappa shape index (κ3) is 6.49. The van der Waals surface area contributed by atoms with Crippen LogP contribution in [0.5, 0.6) is 5.75 Å². The van der Waals surface area contributed by atoms with E-state index in [1.165, 1.54) is 0 Å². The number of hydrogen-bond donors (Lipinski definition) is 2. The average molecular weight is 292 g/mol. The molecule has 0 aliphatic carbocycles. The molecule has 1 rings (SSSR count). The van der Waals surface area contributed by atoms with Gasteiger partial charge in [-0.25, -0.2) is 0 Å². The Morgan fingerprint density at radius 2 is 1.90 bits per heavy atom. The van der Waals surface area contributed by atoms with Gasteiger partial charge < -0.3 is 20.7 Å². The molecule has 0 radical (unpaired) electrons. The highest BCUT2D eigenvalue weighted by molar-refractivity contribution is 5.92. The number of nitrogens with two attached hydrogens (primary N) is 1. The molecule has 0 aromatic heterocycles. The van der Waals surface area contributed by atoms with E-state index >= 15 is 0 Å². The molecule has 0 saturated heterocycles. The van der Waals surface area contributed by atoms with Crippen LogP contribution in [0.4, 0.5) is 5.69 Å². The van der Waals surface area contributed by atoms with Gasteiger partial charge in [-0.15, -0.1) is 0 Å². The van der Waals surface area contributed by atoms with Gasteiger partial charge in [0.2, 0.25) is 0 Å². The van der Waals surface area contributed by atoms with Gasteiger partial charge in [0.05, 0.1) is 13.7 Å². The van der Waals surface area contributed by atoms with E-state index in [0.29, 0.717) is 24.5 Å². The topological polar surface area (TPSA) is 62.9 Å². The summed E-state index contributed by atoms with van der Waals surface area (Å²) in [5.74, 6) is 1.90. The van der Waals surface area contributed by atoms with Gasteiger partial charge in [-0.3, -0.25) is 4.99 Å². The first kappa shape index (κ1) is 17.3. The minimum absolute atomic E-state index is 0.404. The highest BCUT2D eigenvalue weighted by Crippen LogP contribution is 2.14. The van der Waals surface area contributed by atoms with E-state index in [1.54, 1.807) is 7.11 Å². The SMILES string of the molecule is COc1ccc(NC(N)=NCC(CC(C)C)N(C)C)cc1. The van der Waals surface area contributed by atoms with Crippen molar-refractivity contribution in [1.82, 2.24) is 4.90 Å². The first-order chi connectivity index (χ1) is 9.92. The highest BCUT2D eigenvalue weighted by Gasteiger charge is 2.12. The third-order valence-electron chi connectivity index (χ3n) is 3.31. The molecule has 1 unspecified atom stereocenters. The fraction of sp³-hybridized carbons (Fsp3) is 0.562. The molecule has 5 nitrogen and oxygen atoms in total. The summed E-state index contributed by atoms with van der Waals surface area (Å²) in [6, 6.07) is 8.01. The van der Waals surface area contributed by atoms with Crippen LogP contribution in [0.25, 0.3) is 0 Å². The molecule has 0 aliphatic rings. The lowest BCUT2D eigenvalue weighted by molar-refractivity contribution is 0.261. The zero-order chi connectivity index (χ0) is 15.8. The van der Waals surface area contributed by atoms with Crippen LogP contribution in [-0.4, -0.2) is 44.7 Å². The van der Waals surface area contributed by atoms with Crippen LogP contribution >= 0.6 is 0 Å². The molecule has 1 aromatic rings. The van der Waals surface area contributed by atoms with E-state index in [2.05, 4.69) is 43.2 Å². The summed E-state index contributed by atoms with van der Waals surface area (Å²) in [7, 11) is 5.81. The zero-order valence-electron chi connectivity index (χ0n) is 13.8. The molecule has 0 spiro atoms. The molecule has 1 aromatic carbocycles. The van der Waals surface area contributed by atoms with Crippen LogP contribution in [0.15, 0.2) is 29.3 Å². The number of likely N-dealkylation sites (N-methyl/N-ethyl adjacent to an activating group) is 1. The second kappa shape index (κ2) is 8.52. The Balaban J connectivity index is 2.57. The maximum absolute atomic E-state index is 5.94. The van der Waals surface area contributed by atoms with Crippen LogP contribution in [0.3, 0.4) is 0 Å². The molecule has 3 N–H and O–H groups in total. The van der Waals surface area contributed by atoms with Crippen molar-refractivity contribution in [2.24, 2.45) is 16.6 Å². The van der Waals surface area contributed by atoms with E-state index in [4.69, 9.17) is 10.5 Å². The summed E-state index contributed by atoms with van der Waals surface area (Å²) < 4.78 is 5.12. The van der Waals surface area contributed by atoms with Crippen molar-refractivity contribution in [2.75, 3.05) is 33.1 Å². The standard InChI is InChI=1S/C16H28N4O/c1-12(2)10-14(20(3)4)11-18-16(17)19-13-6-8-15(21-5)9-7-13/h6-9,12,14H,10-11H2,1-5H3,(H3,17,18,19). The van der Waals surface area contributed by atoms with Crippen LogP contribution in [-0.2, 0) is 0 Å². The number of nitrogens with one attached hydrogen (secondary N) is 1. The number of ether oxygens (including phenoxy) is 1. The molecule has 0 heterocycles. The fourth-order valence-corrected chi connectivity index (χ4v) is 2.06. The Morgan fingerprint density at radius 1 is 1.29 bits per heavy atom. The number of rotatable bonds is 7. The quantitative estimate of drug-likeness (QED) is 0.598. The van der Waals surface area contributed by atoms with Crippen molar-refractivity contribution in [1.29, 1.82) is 0 Å². The minimum atomic E-state index is 0.404. The number of aliphatic imine (C=N–C) groups is 1. The number of anilines is 1. The maximum atomic E-state index is 5.94. The van der Waals surface area contributed by atoms with Crippen LogP contribution in [0.1, 0.15) is 20.3 Å². The summed E-state index contributed by atoms with van der Waals surface area (Å²) in [5, 5.41) is 3.09. The molecular weight excluding hydrogens is 264 g/mol. The molecule has 5 heteroatoms. The van der Waals surface area contributed by atoms with E-state index < -0.39 is 0 Å². The Hall–Kier alpha value is -1.75. The first-order valence-electron chi connectivity index (χ1n) is 7.29. The highest BCUT2D eigenvalue weighted by atomic mass is 16.5. The van der Waals surface area contributed by atoms with Crippen molar-refractivity contribution in [2.45, 2.75) is 26.3 Å². The van der Waals surface area contributed by atoms with Crippen LogP contribution in [0, 0.1) is 5.92 Å². The summed E-state index contributed by atoms with van der Waals surface area (Å²) in [5.41, 5.74) is 6.85. The fourth-order valence-electron chi connectivity index (χ4n) is 2.06. The number of hydrogen-bond acceptors (Lipinski definition) is 3. The lowest BCUT2D eigenvalue weighted by Gasteiger charge is -2.24. The number of methoxy groups -OCH3 is 1. The van der Waals surface area contributed by atoms with Gasteiger partial charge in [-0.1, -0.05) is 13.8 Å². The molecule has 1 atom stereocenters. The van der Waals surface area contributed by atoms with Gasteiger partial charge in [-0.05, 0) is 50.7 Å². The Bertz CT molecular complexity index is 440. The largest absolute Gasteiger partial charge is 0.497 e. The molecule has 0 aliphatic heterocycles. The van der Waals surface area contributed by atoms with Gasteiger partial charge in [0, 0.05) is 11.7 Å². The van der Waals surface area contributed by atoms with Crippen LogP contribution in [0.2, 0.25) is 0 Å². The average Bonchev–Trinajstić information content (AvgIpc) is 2.43. The summed E-state index contributed by atoms with van der Waals surface area (Å²) in [4.78, 5) is 6.65. The molecule has 21 heavy (non-hydrogen) atoms. The number of nitrogens with zero attached hydrogens (tertiary/aromatic N) is 2. The van der Waals surface area contributed by atoms with E-state index in [9.17, 15) is 0 Å². The van der Waals surface area contributed by atoms with Crippen molar-refractivity contribution >= 4 is 11.6 Å². The lowest BCUT2D eigenvalue weighted by atomic mass is 10.0. The van der Waals surface area contributed by atoms with Gasteiger partial charge in [0.1, 0.15) is 5.75 Å². The molecule has 118 valence electrons. The number of benzene rings is 1. The summed E-state index contributed by atoms with van der Waals surface area (Å²) >= 11 is 0. The maximum Gasteiger partial charge on any atom is 0.193 e. The van der Waals surface area contributed by atoms with Crippen molar-refractivity contribution in [3.8, 4) is 5.75 Å². The monoisotopic (exact) mass is 292 g/mol. The smallest absolute Gasteiger partial charge is 0.193 e. The zero-order valence-corrected chi connectivity index (χ0v) is 13.8. The van der Waals surface area contributed by atoms with Gasteiger partial charge >= 0.3 is 0 Å². The van der Waals surface area contributed by atoms with Gasteiger partial charge in [0.15, 0.2) is 5.96 Å². The number of guanidine groups is 1. The predicted molar refractivity (Wildman–Crippen MR) is 90.0 cm³/mol. The Labute approximate surface area is 128 Å². The molecule has 0 amide bonds. The third-order valence-corrected chi connectivity index (χ3v) is 3.31. The molecule has 0 bridgehead atoms. The summed E-state index contributed by atoms with van der Waals surface area (Å²) in [6.45, 7) is 5.14. The summed E-state index contributed by atoms with van der Waals surface area (Å²) in [6.07, 6.45) is 1.10. The molecular formula is C16H28N4O. The van der Waals surface area contributed by atoms with Crippen molar-refractivity contribution < 1.29 is 4.74 Å². The Morgan fingerprint density at radius 3 is 2.38 bits per heavy atom. The van der Waals surface area contributed by atoms with Crippen molar-refractivity contribution in [3.63, 3.8) is 0 Å². The van der Waals surface area contributed by atoms with E-state index in [1.807, 2.05) is 24.3 Å². The second-order valence-electron chi connectivity index (χ2n) is 5.83. The second-order valence-corrected chi connectivity index (χ2v) is 5.83. The van der Waals surface area contributed by atoms with E-state index in [0.717, 1.165) is 17.9 Å². The van der Waals surface area contributed by atoms with Crippen LogP contribution < -0.4 is 15.8 Å². The molecule has 0 fully saturated rings. The Kier molecular flexibility index (Phi) is 7.02. The van der Waals surface area contributed by atoms with Gasteiger partial charge in [0.25, 0.3) is 0 Å². The van der Waals surface area contributed by atoms with Crippen molar-refractivity contribution in [3.05, 3.63) is 24.3 Å². The lowest BCUT2D eigenvalue weighted by Crippen LogP contribution is -2.34. The van der Waals surface area contributed by atoms with E-state index in [-0.39, 0.29) is 0 Å². The molecule has 0 saturated carbocycles.